The predicted molar refractivity (Wildman–Crippen MR) is 49.3 cm³/mol. The number of carbonyl (C=O) groups is 1. The number of hydrogen-bond acceptors (Lipinski definition) is 1. The Bertz CT molecular complexity index is 105. The maximum absolute atomic E-state index is 10.4. The molecule has 0 aliphatic heterocycles. The van der Waals surface area contributed by atoms with Crippen molar-refractivity contribution in [3.63, 3.8) is 0 Å². The monoisotopic (exact) mass is 203 g/mol. The van der Waals surface area contributed by atoms with Gasteiger partial charge in [-0.3, -0.25) is 4.79 Å². The maximum atomic E-state index is 10.4. The van der Waals surface area contributed by atoms with Crippen LogP contribution in [0.25, 0.3) is 0 Å². The van der Waals surface area contributed by atoms with Crippen LogP contribution < -0.4 is 5.73 Å². The summed E-state index contributed by atoms with van der Waals surface area (Å²) >= 11 is 0. The molecule has 0 saturated heterocycles. The zero-order valence-electron chi connectivity index (χ0n) is 6.21. The van der Waals surface area contributed by atoms with Crippen LogP contribution in [0, 0.1) is 5.92 Å². The van der Waals surface area contributed by atoms with E-state index in [9.17, 15) is 4.79 Å². The molecule has 0 aromatic heterocycles. The van der Waals surface area contributed by atoms with E-state index < -0.39 is 0 Å². The van der Waals surface area contributed by atoms with Gasteiger partial charge >= 0.3 is 0 Å². The van der Waals surface area contributed by atoms with Gasteiger partial charge < -0.3 is 11.2 Å². The molecule has 0 unspecified atom stereocenters. The lowest BCUT2D eigenvalue weighted by atomic mass is 10.1. The van der Waals surface area contributed by atoms with Gasteiger partial charge in [0.05, 0.1) is 0 Å². The van der Waals surface area contributed by atoms with Gasteiger partial charge in [-0.05, 0) is 12.8 Å². The molecule has 0 heterocycles. The van der Waals surface area contributed by atoms with Crippen LogP contribution in [0.15, 0.2) is 0 Å². The normalized spacial score (nSPS) is 15.6. The van der Waals surface area contributed by atoms with Gasteiger partial charge in [0.1, 0.15) is 0 Å². The first kappa shape index (κ1) is 17.2. The Morgan fingerprint density at radius 1 is 1.18 bits per heavy atom. The molecular weight excluding hydrogens is 189 g/mol. The molecule has 0 radical (unpaired) electrons. The Kier molecular flexibility index (Phi) is 12.7. The number of amides is 1. The Labute approximate surface area is 78.8 Å². The van der Waals surface area contributed by atoms with Crippen LogP contribution in [0.1, 0.15) is 25.7 Å². The average molecular weight is 204 g/mol. The van der Waals surface area contributed by atoms with Crippen molar-refractivity contribution in [3.8, 4) is 0 Å². The van der Waals surface area contributed by atoms with Gasteiger partial charge in [0.15, 0.2) is 0 Å². The third-order valence-electron chi connectivity index (χ3n) is 1.76. The van der Waals surface area contributed by atoms with Crippen molar-refractivity contribution < 1.29 is 10.3 Å². The fourth-order valence-electron chi connectivity index (χ4n) is 1.21. The van der Waals surface area contributed by atoms with Crippen molar-refractivity contribution in [1.82, 2.24) is 0 Å². The van der Waals surface area contributed by atoms with Crippen LogP contribution in [-0.2, 0) is 4.79 Å². The van der Waals surface area contributed by atoms with Crippen molar-refractivity contribution >= 4 is 30.7 Å². The van der Waals surface area contributed by atoms with Crippen LogP contribution in [0.2, 0.25) is 0 Å². The van der Waals surface area contributed by atoms with Crippen LogP contribution in [0.4, 0.5) is 0 Å². The first-order chi connectivity index (χ1) is 3.80. The van der Waals surface area contributed by atoms with Gasteiger partial charge in [0.2, 0.25) is 5.91 Å². The highest BCUT2D eigenvalue weighted by atomic mass is 35.5. The molecule has 1 rings (SSSR count). The van der Waals surface area contributed by atoms with Gasteiger partial charge in [0, 0.05) is 5.92 Å². The van der Waals surface area contributed by atoms with E-state index in [1.165, 1.54) is 12.8 Å². The van der Waals surface area contributed by atoms with E-state index >= 15 is 0 Å². The van der Waals surface area contributed by atoms with Crippen molar-refractivity contribution in [1.29, 1.82) is 0 Å². The first-order valence-corrected chi connectivity index (χ1v) is 3.10. The summed E-state index contributed by atoms with van der Waals surface area (Å²) in [4.78, 5) is 10.4. The standard InChI is InChI=1S/C6H11NO.2ClH.H2O/c7-6(8)5-3-1-2-4-5;;;/h5H,1-4H2,(H2,7,8);2*1H;1H2. The van der Waals surface area contributed by atoms with Crippen LogP contribution in [0.3, 0.4) is 0 Å². The fourth-order valence-corrected chi connectivity index (χ4v) is 1.21. The second kappa shape index (κ2) is 8.11. The molecule has 0 aromatic carbocycles. The molecule has 1 aliphatic rings. The Hall–Kier alpha value is 0.01000. The number of carbonyl (C=O) groups excluding carboxylic acids is 1. The van der Waals surface area contributed by atoms with E-state index in [1.807, 2.05) is 0 Å². The molecule has 1 amide bonds. The van der Waals surface area contributed by atoms with Crippen molar-refractivity contribution in [3.05, 3.63) is 0 Å². The van der Waals surface area contributed by atoms with Crippen LogP contribution in [-0.4, -0.2) is 11.4 Å². The van der Waals surface area contributed by atoms with Gasteiger partial charge in [-0.25, -0.2) is 0 Å². The highest BCUT2D eigenvalue weighted by molar-refractivity contribution is 5.85. The van der Waals surface area contributed by atoms with Gasteiger partial charge in [0.25, 0.3) is 0 Å². The molecule has 0 atom stereocenters. The van der Waals surface area contributed by atoms with Crippen molar-refractivity contribution in [2.45, 2.75) is 25.7 Å². The summed E-state index contributed by atoms with van der Waals surface area (Å²) in [6, 6.07) is 0. The Balaban J connectivity index is -0.000000213. The van der Waals surface area contributed by atoms with Crippen LogP contribution in [0.5, 0.6) is 0 Å². The lowest BCUT2D eigenvalue weighted by Crippen LogP contribution is -2.19. The Morgan fingerprint density at radius 2 is 1.55 bits per heavy atom. The molecule has 5 heteroatoms. The number of halogens is 2. The lowest BCUT2D eigenvalue weighted by Gasteiger charge is -1.98. The summed E-state index contributed by atoms with van der Waals surface area (Å²) in [5, 5.41) is 0. The molecule has 11 heavy (non-hydrogen) atoms. The number of hydrogen-bond donors (Lipinski definition) is 1. The van der Waals surface area contributed by atoms with Gasteiger partial charge in [-0.1, -0.05) is 12.8 Å². The van der Waals surface area contributed by atoms with E-state index in [1.54, 1.807) is 0 Å². The molecule has 4 N–H and O–H groups in total. The maximum Gasteiger partial charge on any atom is 0.220 e. The zero-order valence-corrected chi connectivity index (χ0v) is 7.84. The molecule has 1 fully saturated rings. The third-order valence-corrected chi connectivity index (χ3v) is 1.76. The zero-order chi connectivity index (χ0) is 5.98. The van der Waals surface area contributed by atoms with Gasteiger partial charge in [-0.2, -0.15) is 0 Å². The minimum absolute atomic E-state index is 0. The summed E-state index contributed by atoms with van der Waals surface area (Å²) in [5.41, 5.74) is 5.06. The molecule has 70 valence electrons. The van der Waals surface area contributed by atoms with Crippen molar-refractivity contribution in [2.24, 2.45) is 11.7 Å². The average Bonchev–Trinajstić information content (AvgIpc) is 2.12. The fraction of sp³-hybridized carbons (Fsp3) is 0.833. The van der Waals surface area contributed by atoms with E-state index in [4.69, 9.17) is 5.73 Å². The smallest absolute Gasteiger partial charge is 0.220 e. The summed E-state index contributed by atoms with van der Waals surface area (Å²) in [7, 11) is 0. The summed E-state index contributed by atoms with van der Waals surface area (Å²) in [6.45, 7) is 0. The molecule has 1 saturated carbocycles. The van der Waals surface area contributed by atoms with E-state index in [0.717, 1.165) is 12.8 Å². The quantitative estimate of drug-likeness (QED) is 0.669. The minimum atomic E-state index is -0.109. The summed E-state index contributed by atoms with van der Waals surface area (Å²) in [5.74, 6) is 0.0949. The third kappa shape index (κ3) is 5.30. The molecule has 0 spiro atoms. The predicted octanol–water partition coefficient (Wildman–Crippen LogP) is 0.681. The van der Waals surface area contributed by atoms with E-state index in [-0.39, 0.29) is 42.1 Å². The summed E-state index contributed by atoms with van der Waals surface area (Å²) in [6.07, 6.45) is 4.42. The lowest BCUT2D eigenvalue weighted by molar-refractivity contribution is -0.121. The molecule has 0 aromatic rings. The second-order valence-corrected chi connectivity index (χ2v) is 2.38. The van der Waals surface area contributed by atoms with E-state index in [2.05, 4.69) is 0 Å². The number of primary amides is 1. The first-order valence-electron chi connectivity index (χ1n) is 3.10. The SMILES string of the molecule is Cl.Cl.NC(=O)C1CCCC1.O. The van der Waals surface area contributed by atoms with Crippen LogP contribution >= 0.6 is 24.8 Å². The topological polar surface area (TPSA) is 74.6 Å². The molecular formula is C6H15Cl2NO2. The largest absolute Gasteiger partial charge is 0.412 e. The number of nitrogens with two attached hydrogens (primary N) is 1. The van der Waals surface area contributed by atoms with Crippen molar-refractivity contribution in [2.75, 3.05) is 0 Å². The molecule has 1 aliphatic carbocycles. The highest BCUT2D eigenvalue weighted by Gasteiger charge is 2.19. The molecule has 3 nitrogen and oxygen atoms in total. The highest BCUT2D eigenvalue weighted by Crippen LogP contribution is 2.23. The number of rotatable bonds is 1. The Morgan fingerprint density at radius 3 is 1.73 bits per heavy atom. The molecule has 0 bridgehead atoms. The second-order valence-electron chi connectivity index (χ2n) is 2.38. The van der Waals surface area contributed by atoms with E-state index in [0.29, 0.717) is 0 Å². The van der Waals surface area contributed by atoms with Gasteiger partial charge in [-0.15, -0.1) is 24.8 Å². The minimum Gasteiger partial charge on any atom is -0.412 e. The summed E-state index contributed by atoms with van der Waals surface area (Å²) < 4.78 is 0.